The lowest BCUT2D eigenvalue weighted by molar-refractivity contribution is -0.140. The summed E-state index contributed by atoms with van der Waals surface area (Å²) < 4.78 is 41.8. The number of sulfonamides is 1. The van der Waals surface area contributed by atoms with Crippen LogP contribution in [0.5, 0.6) is 0 Å². The minimum atomic E-state index is -4.23. The van der Waals surface area contributed by atoms with Crippen LogP contribution in [0.15, 0.2) is 83.8 Å². The summed E-state index contributed by atoms with van der Waals surface area (Å²) in [6, 6.07) is 19.3. The Labute approximate surface area is 224 Å². The Morgan fingerprint density at radius 1 is 0.921 bits per heavy atom. The van der Waals surface area contributed by atoms with Crippen LogP contribution in [0.4, 0.5) is 10.1 Å². The topological polar surface area (TPSA) is 86.8 Å². The van der Waals surface area contributed by atoms with Gasteiger partial charge in [0.2, 0.25) is 11.8 Å². The molecule has 0 spiro atoms. The fourth-order valence-corrected chi connectivity index (χ4v) is 5.22. The zero-order valence-electron chi connectivity index (χ0n) is 22.3. The summed E-state index contributed by atoms with van der Waals surface area (Å²) >= 11 is 0. The van der Waals surface area contributed by atoms with E-state index in [4.69, 9.17) is 0 Å². The van der Waals surface area contributed by atoms with Crippen molar-refractivity contribution in [3.8, 4) is 0 Å². The van der Waals surface area contributed by atoms with E-state index in [1.165, 1.54) is 4.90 Å². The molecule has 0 aliphatic heterocycles. The number of nitrogens with one attached hydrogen (secondary N) is 1. The van der Waals surface area contributed by atoms with Crippen molar-refractivity contribution in [2.45, 2.75) is 57.6 Å². The molecule has 9 heteroatoms. The molecule has 0 saturated carbocycles. The lowest BCUT2D eigenvalue weighted by Gasteiger charge is -2.33. The fourth-order valence-electron chi connectivity index (χ4n) is 3.80. The molecule has 38 heavy (non-hydrogen) atoms. The Balaban J connectivity index is 2.00. The fraction of sp³-hybridized carbons (Fsp3) is 0.310. The Kier molecular flexibility index (Phi) is 8.93. The van der Waals surface area contributed by atoms with Gasteiger partial charge in [0.15, 0.2) is 0 Å². The summed E-state index contributed by atoms with van der Waals surface area (Å²) in [6.07, 6.45) is 0. The molecular formula is C29H34FN3O4S. The van der Waals surface area contributed by atoms with Crippen molar-refractivity contribution in [2.75, 3.05) is 10.8 Å². The first-order chi connectivity index (χ1) is 17.8. The molecule has 0 radical (unpaired) electrons. The molecule has 3 aromatic rings. The second-order valence-corrected chi connectivity index (χ2v) is 12.1. The van der Waals surface area contributed by atoms with Crippen LogP contribution in [0, 0.1) is 12.7 Å². The van der Waals surface area contributed by atoms with E-state index in [9.17, 15) is 22.4 Å². The molecule has 3 aromatic carbocycles. The third kappa shape index (κ3) is 7.41. The average Bonchev–Trinajstić information content (AvgIpc) is 2.86. The number of nitrogens with zero attached hydrogens (tertiary/aromatic N) is 2. The van der Waals surface area contributed by atoms with E-state index >= 15 is 0 Å². The summed E-state index contributed by atoms with van der Waals surface area (Å²) in [5.74, 6) is -1.49. The number of anilines is 1. The third-order valence-corrected chi connectivity index (χ3v) is 7.65. The molecule has 3 rings (SSSR count). The number of benzene rings is 3. The standard InChI is InChI=1S/C29H34FN3O4S/c1-21-11-13-23(14-12-21)19-32(22(2)28(35)31-29(3,4)5)27(34)20-33(25-9-7-6-8-10-25)38(36,37)26-17-15-24(30)16-18-26/h6-18,22H,19-20H2,1-5H3,(H,31,35)/t22-/m0/s1. The minimum absolute atomic E-state index is 0.108. The van der Waals surface area contributed by atoms with Gasteiger partial charge >= 0.3 is 0 Å². The maximum absolute atomic E-state index is 13.8. The van der Waals surface area contributed by atoms with Gasteiger partial charge in [-0.3, -0.25) is 13.9 Å². The van der Waals surface area contributed by atoms with E-state index in [2.05, 4.69) is 5.32 Å². The molecule has 0 heterocycles. The van der Waals surface area contributed by atoms with Gasteiger partial charge in [-0.1, -0.05) is 48.0 Å². The quantitative estimate of drug-likeness (QED) is 0.429. The first-order valence-corrected chi connectivity index (χ1v) is 13.7. The van der Waals surface area contributed by atoms with Gasteiger partial charge in [0, 0.05) is 12.1 Å². The van der Waals surface area contributed by atoms with Crippen LogP contribution < -0.4 is 9.62 Å². The molecular weight excluding hydrogens is 505 g/mol. The molecule has 1 atom stereocenters. The van der Waals surface area contributed by atoms with Crippen LogP contribution in [-0.4, -0.2) is 43.3 Å². The van der Waals surface area contributed by atoms with Crippen LogP contribution in [0.1, 0.15) is 38.8 Å². The van der Waals surface area contributed by atoms with E-state index in [1.807, 2.05) is 52.0 Å². The van der Waals surface area contributed by atoms with Crippen molar-refractivity contribution in [3.63, 3.8) is 0 Å². The smallest absolute Gasteiger partial charge is 0.264 e. The zero-order valence-corrected chi connectivity index (χ0v) is 23.1. The highest BCUT2D eigenvalue weighted by molar-refractivity contribution is 7.92. The van der Waals surface area contributed by atoms with Gasteiger partial charge in [-0.25, -0.2) is 12.8 Å². The number of aryl methyl sites for hydroxylation is 1. The van der Waals surface area contributed by atoms with Gasteiger partial charge in [-0.2, -0.15) is 0 Å². The number of hydrogen-bond donors (Lipinski definition) is 1. The second kappa shape index (κ2) is 11.8. The van der Waals surface area contributed by atoms with Crippen LogP contribution in [-0.2, 0) is 26.2 Å². The van der Waals surface area contributed by atoms with Gasteiger partial charge in [0.25, 0.3) is 10.0 Å². The average molecular weight is 540 g/mol. The van der Waals surface area contributed by atoms with E-state index < -0.39 is 39.9 Å². The lowest BCUT2D eigenvalue weighted by Crippen LogP contribution is -2.54. The Bertz CT molecular complexity index is 1350. The number of halogens is 1. The number of rotatable bonds is 9. The molecule has 0 aliphatic carbocycles. The van der Waals surface area contributed by atoms with Gasteiger partial charge in [-0.05, 0) is 76.6 Å². The third-order valence-electron chi connectivity index (χ3n) is 5.86. The SMILES string of the molecule is Cc1ccc(CN(C(=O)CN(c2ccccc2)S(=O)(=O)c2ccc(F)cc2)[C@@H](C)C(=O)NC(C)(C)C)cc1. The van der Waals surface area contributed by atoms with E-state index in [-0.39, 0.29) is 23.0 Å². The Morgan fingerprint density at radius 2 is 1.50 bits per heavy atom. The summed E-state index contributed by atoms with van der Waals surface area (Å²) in [7, 11) is -4.23. The molecule has 1 N–H and O–H groups in total. The first kappa shape index (κ1) is 28.8. The normalized spacial score (nSPS) is 12.5. The molecule has 2 amide bonds. The molecule has 202 valence electrons. The summed E-state index contributed by atoms with van der Waals surface area (Å²) in [5.41, 5.74) is 1.59. The number of hydrogen-bond acceptors (Lipinski definition) is 4. The van der Waals surface area contributed by atoms with Crippen LogP contribution in [0.2, 0.25) is 0 Å². The van der Waals surface area contributed by atoms with Crippen LogP contribution in [0.25, 0.3) is 0 Å². The number of para-hydroxylation sites is 1. The monoisotopic (exact) mass is 539 g/mol. The van der Waals surface area contributed by atoms with Crippen molar-refractivity contribution in [2.24, 2.45) is 0 Å². The van der Waals surface area contributed by atoms with E-state index in [0.717, 1.165) is 39.7 Å². The molecule has 0 aliphatic rings. The maximum Gasteiger partial charge on any atom is 0.264 e. The zero-order chi connectivity index (χ0) is 28.1. The Hall–Kier alpha value is -3.72. The summed E-state index contributed by atoms with van der Waals surface area (Å²) in [6.45, 7) is 8.65. The van der Waals surface area contributed by atoms with E-state index in [0.29, 0.717) is 0 Å². The van der Waals surface area contributed by atoms with Gasteiger partial charge in [-0.15, -0.1) is 0 Å². The summed E-state index contributed by atoms with van der Waals surface area (Å²) in [4.78, 5) is 28.1. The van der Waals surface area contributed by atoms with Crippen molar-refractivity contribution in [1.29, 1.82) is 0 Å². The van der Waals surface area contributed by atoms with Crippen molar-refractivity contribution >= 4 is 27.5 Å². The van der Waals surface area contributed by atoms with Gasteiger partial charge in [0.1, 0.15) is 18.4 Å². The number of carbonyl (C=O) groups is 2. The maximum atomic E-state index is 13.8. The molecule has 0 fully saturated rings. The predicted octanol–water partition coefficient (Wildman–Crippen LogP) is 4.66. The number of amides is 2. The highest BCUT2D eigenvalue weighted by Crippen LogP contribution is 2.24. The number of carbonyl (C=O) groups excluding carboxylic acids is 2. The van der Waals surface area contributed by atoms with E-state index in [1.54, 1.807) is 37.3 Å². The Morgan fingerprint density at radius 3 is 2.05 bits per heavy atom. The second-order valence-electron chi connectivity index (χ2n) is 10.2. The minimum Gasteiger partial charge on any atom is -0.350 e. The van der Waals surface area contributed by atoms with Gasteiger partial charge in [0.05, 0.1) is 10.6 Å². The molecule has 7 nitrogen and oxygen atoms in total. The first-order valence-electron chi connectivity index (χ1n) is 12.3. The predicted molar refractivity (Wildman–Crippen MR) is 146 cm³/mol. The summed E-state index contributed by atoms with van der Waals surface area (Å²) in [5, 5.41) is 2.90. The van der Waals surface area contributed by atoms with Gasteiger partial charge < -0.3 is 10.2 Å². The highest BCUT2D eigenvalue weighted by atomic mass is 32.2. The van der Waals surface area contributed by atoms with Crippen molar-refractivity contribution in [1.82, 2.24) is 10.2 Å². The van der Waals surface area contributed by atoms with Crippen molar-refractivity contribution < 1.29 is 22.4 Å². The molecule has 0 saturated heterocycles. The highest BCUT2D eigenvalue weighted by Gasteiger charge is 2.33. The molecule has 0 bridgehead atoms. The molecule has 0 aromatic heterocycles. The molecule has 0 unspecified atom stereocenters. The lowest BCUT2D eigenvalue weighted by atomic mass is 10.1. The van der Waals surface area contributed by atoms with Crippen LogP contribution >= 0.6 is 0 Å². The largest absolute Gasteiger partial charge is 0.350 e. The van der Waals surface area contributed by atoms with Crippen LogP contribution in [0.3, 0.4) is 0 Å². The van der Waals surface area contributed by atoms with Crippen molar-refractivity contribution in [3.05, 3.63) is 95.8 Å².